The average molecular weight is 360 g/mol. The number of esters is 1. The van der Waals surface area contributed by atoms with E-state index in [9.17, 15) is 14.4 Å². The average Bonchev–Trinajstić information content (AvgIpc) is 3.04. The number of carbonyl (C=O) groups is 3. The lowest BCUT2D eigenvalue weighted by Crippen LogP contribution is -2.47. The number of anilines is 1. The number of alkyl halides is 2. The molecule has 1 atom stereocenters. The number of benzene rings is 1. The van der Waals surface area contributed by atoms with Gasteiger partial charge in [0.25, 0.3) is 0 Å². The number of hydrogen-bond acceptors (Lipinski definition) is 4. The minimum absolute atomic E-state index is 0.186. The summed E-state index contributed by atoms with van der Waals surface area (Å²) in [5.74, 6) is -1.09. The number of methoxy groups -OCH3 is 1. The van der Waals surface area contributed by atoms with E-state index < -0.39 is 27.7 Å². The molecule has 23 heavy (non-hydrogen) atoms. The Hall–Kier alpha value is -1.99. The van der Waals surface area contributed by atoms with Crippen molar-refractivity contribution in [3.05, 3.63) is 29.8 Å². The number of amides is 3. The van der Waals surface area contributed by atoms with E-state index in [0.29, 0.717) is 6.42 Å². The molecule has 1 aromatic carbocycles. The van der Waals surface area contributed by atoms with Crippen molar-refractivity contribution in [1.29, 1.82) is 0 Å². The molecule has 0 saturated heterocycles. The fraction of sp³-hybridized carbons (Fsp3) is 0.357. The summed E-state index contributed by atoms with van der Waals surface area (Å²) in [5.41, 5.74) is 3.90. The number of nitrogens with one attached hydrogen (secondary N) is 3. The molecule has 0 bridgehead atoms. The summed E-state index contributed by atoms with van der Waals surface area (Å²) in [4.78, 5) is 35.4. The van der Waals surface area contributed by atoms with Crippen LogP contribution in [0.5, 0.6) is 0 Å². The van der Waals surface area contributed by atoms with Gasteiger partial charge in [-0.3, -0.25) is 10.2 Å². The molecule has 0 spiro atoms. The van der Waals surface area contributed by atoms with Crippen LogP contribution >= 0.6 is 23.2 Å². The monoisotopic (exact) mass is 359 g/mol. The molecule has 3 N–H and O–H groups in total. The van der Waals surface area contributed by atoms with Crippen molar-refractivity contribution in [3.8, 4) is 0 Å². The third-order valence-electron chi connectivity index (χ3n) is 3.63. The zero-order chi connectivity index (χ0) is 17.3. The highest BCUT2D eigenvalue weighted by molar-refractivity contribution is 6.53. The van der Waals surface area contributed by atoms with Crippen molar-refractivity contribution in [3.63, 3.8) is 0 Å². The van der Waals surface area contributed by atoms with E-state index >= 15 is 0 Å². The number of carbonyl (C=O) groups excluding carboxylic acids is 3. The van der Waals surface area contributed by atoms with Gasteiger partial charge < -0.3 is 10.1 Å². The van der Waals surface area contributed by atoms with Crippen molar-refractivity contribution in [2.75, 3.05) is 12.4 Å². The zero-order valence-electron chi connectivity index (χ0n) is 12.4. The second kappa shape index (κ2) is 6.25. The first-order valence-corrected chi connectivity index (χ1v) is 7.39. The van der Waals surface area contributed by atoms with Gasteiger partial charge in [-0.15, -0.1) is 23.2 Å². The number of para-hydroxylation sites is 1. The molecule has 2 rings (SSSR count). The molecule has 0 radical (unpaired) electrons. The van der Waals surface area contributed by atoms with Crippen LogP contribution in [-0.2, 0) is 9.53 Å². The summed E-state index contributed by atoms with van der Waals surface area (Å²) < 4.78 is 3.49. The summed E-state index contributed by atoms with van der Waals surface area (Å²) in [6.07, 6.45) is 0.295. The van der Waals surface area contributed by atoms with E-state index in [0.717, 1.165) is 0 Å². The Morgan fingerprint density at radius 1 is 1.17 bits per heavy atom. The quantitative estimate of drug-likeness (QED) is 0.437. The van der Waals surface area contributed by atoms with Gasteiger partial charge in [0.2, 0.25) is 5.91 Å². The van der Waals surface area contributed by atoms with Gasteiger partial charge in [-0.05, 0) is 25.5 Å². The van der Waals surface area contributed by atoms with Gasteiger partial charge in [-0.25, -0.2) is 15.0 Å². The molecule has 1 saturated carbocycles. The van der Waals surface area contributed by atoms with Crippen LogP contribution < -0.4 is 16.2 Å². The molecular weight excluding hydrogens is 345 g/mol. The first-order chi connectivity index (χ1) is 10.7. The van der Waals surface area contributed by atoms with Crippen molar-refractivity contribution in [2.45, 2.75) is 17.7 Å². The highest BCUT2D eigenvalue weighted by Gasteiger charge is 2.68. The van der Waals surface area contributed by atoms with Crippen LogP contribution in [-0.4, -0.2) is 29.4 Å². The maximum atomic E-state index is 11.9. The van der Waals surface area contributed by atoms with Crippen LogP contribution in [0.15, 0.2) is 24.3 Å². The lowest BCUT2D eigenvalue weighted by molar-refractivity contribution is -0.126. The predicted octanol–water partition coefficient (Wildman–Crippen LogP) is 2.21. The highest BCUT2D eigenvalue weighted by atomic mass is 35.5. The van der Waals surface area contributed by atoms with Crippen LogP contribution in [0.2, 0.25) is 0 Å². The number of halogens is 2. The molecule has 9 heteroatoms. The summed E-state index contributed by atoms with van der Waals surface area (Å²) >= 11 is 11.8. The smallest absolute Gasteiger partial charge is 0.339 e. The molecule has 3 amide bonds. The SMILES string of the molecule is COC(=O)c1ccccc1NC(=O)NNC(=O)[C@]1(C)CC1(Cl)Cl. The minimum atomic E-state index is -1.13. The number of hydrogen-bond donors (Lipinski definition) is 3. The molecule has 0 aliphatic heterocycles. The van der Waals surface area contributed by atoms with Crippen molar-refractivity contribution >= 4 is 46.8 Å². The third-order valence-corrected chi connectivity index (χ3v) is 4.73. The van der Waals surface area contributed by atoms with Crippen LogP contribution in [0.1, 0.15) is 23.7 Å². The lowest BCUT2D eigenvalue weighted by atomic mass is 10.1. The van der Waals surface area contributed by atoms with E-state index in [1.807, 2.05) is 0 Å². The Bertz CT molecular complexity index is 665. The highest BCUT2D eigenvalue weighted by Crippen LogP contribution is 2.63. The van der Waals surface area contributed by atoms with Crippen molar-refractivity contribution in [2.24, 2.45) is 5.41 Å². The van der Waals surface area contributed by atoms with E-state index in [1.54, 1.807) is 19.1 Å². The van der Waals surface area contributed by atoms with E-state index in [-0.39, 0.29) is 11.3 Å². The topological polar surface area (TPSA) is 96.5 Å². The molecule has 0 aromatic heterocycles. The lowest BCUT2D eigenvalue weighted by Gasteiger charge is -2.14. The summed E-state index contributed by atoms with van der Waals surface area (Å²) in [6.45, 7) is 1.59. The van der Waals surface area contributed by atoms with Gasteiger partial charge in [-0.1, -0.05) is 12.1 Å². The van der Waals surface area contributed by atoms with Gasteiger partial charge >= 0.3 is 12.0 Å². The molecule has 124 valence electrons. The van der Waals surface area contributed by atoms with Gasteiger partial charge in [0.05, 0.1) is 23.8 Å². The van der Waals surface area contributed by atoms with E-state index in [1.165, 1.54) is 19.2 Å². The summed E-state index contributed by atoms with van der Waals surface area (Å²) in [5, 5.41) is 2.44. The second-order valence-corrected chi connectivity index (χ2v) is 6.77. The fourth-order valence-corrected chi connectivity index (χ4v) is 2.64. The largest absolute Gasteiger partial charge is 0.465 e. The van der Waals surface area contributed by atoms with E-state index in [2.05, 4.69) is 20.9 Å². The third kappa shape index (κ3) is 3.51. The van der Waals surface area contributed by atoms with Crippen molar-refractivity contribution < 1.29 is 19.1 Å². The molecule has 0 unspecified atom stereocenters. The van der Waals surface area contributed by atoms with Crippen LogP contribution in [0.3, 0.4) is 0 Å². The Kier molecular flexibility index (Phi) is 4.72. The molecule has 0 heterocycles. The molecule has 1 aromatic rings. The molecule has 7 nitrogen and oxygen atoms in total. The maximum absolute atomic E-state index is 11.9. The Morgan fingerprint density at radius 2 is 1.78 bits per heavy atom. The maximum Gasteiger partial charge on any atom is 0.339 e. The minimum Gasteiger partial charge on any atom is -0.465 e. The first-order valence-electron chi connectivity index (χ1n) is 6.64. The first kappa shape index (κ1) is 17.4. The Labute approximate surface area is 142 Å². The number of hydrazine groups is 1. The number of urea groups is 1. The molecule has 1 aliphatic carbocycles. The molecule has 1 aliphatic rings. The molecule has 1 fully saturated rings. The van der Waals surface area contributed by atoms with Gasteiger partial charge in [-0.2, -0.15) is 0 Å². The summed E-state index contributed by atoms with van der Waals surface area (Å²) in [6, 6.07) is 5.57. The van der Waals surface area contributed by atoms with Crippen LogP contribution in [0, 0.1) is 5.41 Å². The Morgan fingerprint density at radius 3 is 2.35 bits per heavy atom. The van der Waals surface area contributed by atoms with Crippen molar-refractivity contribution in [1.82, 2.24) is 10.9 Å². The molecular formula is C14H15Cl2N3O4. The zero-order valence-corrected chi connectivity index (χ0v) is 13.9. The fourth-order valence-electron chi connectivity index (χ4n) is 1.93. The Balaban J connectivity index is 1.94. The number of ether oxygens (including phenoxy) is 1. The second-order valence-electron chi connectivity index (χ2n) is 5.28. The van der Waals surface area contributed by atoms with E-state index in [4.69, 9.17) is 23.2 Å². The summed E-state index contributed by atoms with van der Waals surface area (Å²) in [7, 11) is 1.24. The van der Waals surface area contributed by atoms with Gasteiger partial charge in [0.1, 0.15) is 4.33 Å². The van der Waals surface area contributed by atoms with Crippen LogP contribution in [0.4, 0.5) is 10.5 Å². The van der Waals surface area contributed by atoms with Gasteiger partial charge in [0, 0.05) is 0 Å². The predicted molar refractivity (Wildman–Crippen MR) is 85.2 cm³/mol. The van der Waals surface area contributed by atoms with Gasteiger partial charge in [0.15, 0.2) is 0 Å². The number of rotatable bonds is 3. The standard InChI is InChI=1S/C14H15Cl2N3O4/c1-13(7-14(13,15)16)11(21)18-19-12(22)17-9-6-4-3-5-8(9)10(20)23-2/h3-6H,7H2,1-2H3,(H,18,21)(H2,17,19,22)/t13-/m0/s1. The normalized spacial score (nSPS) is 21.0. The van der Waals surface area contributed by atoms with Crippen LogP contribution in [0.25, 0.3) is 0 Å².